The van der Waals surface area contributed by atoms with Gasteiger partial charge in [-0.1, -0.05) is 0 Å². The number of hydrogen-bond acceptors (Lipinski definition) is 7. The first-order chi connectivity index (χ1) is 14.1. The van der Waals surface area contributed by atoms with E-state index in [1.165, 1.54) is 12.7 Å². The Hall–Kier alpha value is -3.42. The first-order valence-electron chi connectivity index (χ1n) is 9.22. The van der Waals surface area contributed by atoms with Gasteiger partial charge in [-0.05, 0) is 35.7 Å². The normalized spacial score (nSPS) is 13.2. The van der Waals surface area contributed by atoms with Gasteiger partial charge in [0.1, 0.15) is 0 Å². The second-order valence-corrected chi connectivity index (χ2v) is 6.77. The van der Waals surface area contributed by atoms with Gasteiger partial charge < -0.3 is 28.8 Å². The number of H-pyrrole nitrogens is 1. The van der Waals surface area contributed by atoms with Gasteiger partial charge in [0.25, 0.3) is 5.56 Å². The summed E-state index contributed by atoms with van der Waals surface area (Å²) >= 11 is 0. The third kappa shape index (κ3) is 3.30. The lowest BCUT2D eigenvalue weighted by atomic mass is 9.99. The Kier molecular flexibility index (Phi) is 4.92. The van der Waals surface area contributed by atoms with Crippen LogP contribution in [-0.2, 0) is 13.0 Å². The van der Waals surface area contributed by atoms with Crippen LogP contribution in [0.5, 0.6) is 23.0 Å². The number of rotatable bonds is 5. The van der Waals surface area contributed by atoms with E-state index in [0.29, 0.717) is 40.6 Å². The maximum atomic E-state index is 12.6. The minimum absolute atomic E-state index is 0.312. The molecule has 0 atom stereocenters. The van der Waals surface area contributed by atoms with Gasteiger partial charge in [0.05, 0.1) is 39.3 Å². The summed E-state index contributed by atoms with van der Waals surface area (Å²) in [7, 11) is 6.35. The second kappa shape index (κ2) is 7.54. The maximum Gasteiger partial charge on any atom is 0.282 e. The van der Waals surface area contributed by atoms with Crippen molar-refractivity contribution < 1.29 is 18.9 Å². The number of aromatic amines is 1. The Morgan fingerprint density at radius 1 is 0.862 bits per heavy atom. The predicted octanol–water partition coefficient (Wildman–Crippen LogP) is 2.52. The number of methoxy groups -OCH3 is 4. The lowest BCUT2D eigenvalue weighted by Gasteiger charge is -2.30. The predicted molar refractivity (Wildman–Crippen MR) is 110 cm³/mol. The third-order valence-electron chi connectivity index (χ3n) is 5.23. The van der Waals surface area contributed by atoms with Crippen LogP contribution in [0.3, 0.4) is 0 Å². The summed E-state index contributed by atoms with van der Waals surface area (Å²) in [5.41, 5.74) is 2.65. The fourth-order valence-corrected chi connectivity index (χ4v) is 3.68. The fourth-order valence-electron chi connectivity index (χ4n) is 3.68. The van der Waals surface area contributed by atoms with E-state index in [2.05, 4.69) is 9.97 Å². The van der Waals surface area contributed by atoms with Crippen molar-refractivity contribution >= 4 is 16.9 Å². The van der Waals surface area contributed by atoms with Gasteiger partial charge in [0, 0.05) is 19.2 Å². The van der Waals surface area contributed by atoms with Crippen LogP contribution in [0.25, 0.3) is 10.9 Å². The van der Waals surface area contributed by atoms with Crippen LogP contribution in [0, 0.1) is 0 Å². The van der Waals surface area contributed by atoms with E-state index in [1.54, 1.807) is 33.5 Å². The molecule has 2 aromatic carbocycles. The highest BCUT2D eigenvalue weighted by Crippen LogP contribution is 2.34. The van der Waals surface area contributed by atoms with Crippen molar-refractivity contribution in [1.29, 1.82) is 0 Å². The molecule has 3 aromatic rings. The summed E-state index contributed by atoms with van der Waals surface area (Å²) in [6.45, 7) is 1.33. The number of ether oxygens (including phenoxy) is 4. The van der Waals surface area contributed by atoms with Crippen molar-refractivity contribution in [2.24, 2.45) is 0 Å². The molecule has 0 fully saturated rings. The minimum Gasteiger partial charge on any atom is -0.493 e. The van der Waals surface area contributed by atoms with Crippen LogP contribution in [-0.4, -0.2) is 45.0 Å². The molecule has 0 bridgehead atoms. The van der Waals surface area contributed by atoms with Crippen molar-refractivity contribution in [2.75, 3.05) is 39.9 Å². The molecule has 1 aromatic heterocycles. The molecule has 2 heterocycles. The zero-order valence-electron chi connectivity index (χ0n) is 16.9. The molecule has 8 heteroatoms. The summed E-state index contributed by atoms with van der Waals surface area (Å²) in [6, 6.07) is 7.39. The topological polar surface area (TPSA) is 85.9 Å². The monoisotopic (exact) mass is 397 g/mol. The fraction of sp³-hybridized carbons (Fsp3) is 0.333. The average Bonchev–Trinajstić information content (AvgIpc) is 2.76. The molecular weight excluding hydrogens is 374 g/mol. The molecule has 1 aliphatic heterocycles. The van der Waals surface area contributed by atoms with E-state index < -0.39 is 0 Å². The van der Waals surface area contributed by atoms with Crippen LogP contribution in [0.15, 0.2) is 29.1 Å². The summed E-state index contributed by atoms with van der Waals surface area (Å²) < 4.78 is 21.5. The number of nitrogens with zero attached hydrogens (tertiary/aromatic N) is 2. The highest BCUT2D eigenvalue weighted by molar-refractivity contribution is 5.82. The highest BCUT2D eigenvalue weighted by atomic mass is 16.5. The SMILES string of the molecule is COc1cc2c(cc1OC)CN(c1nc(=O)c3cc(OC)c(OC)cc3[nH]1)CC2. The lowest BCUT2D eigenvalue weighted by Crippen LogP contribution is -2.33. The van der Waals surface area contributed by atoms with Crippen LogP contribution in [0.1, 0.15) is 11.1 Å². The molecule has 0 saturated heterocycles. The number of aromatic nitrogens is 2. The van der Waals surface area contributed by atoms with Crippen LogP contribution >= 0.6 is 0 Å². The largest absolute Gasteiger partial charge is 0.493 e. The molecular formula is C21H23N3O5. The number of hydrogen-bond donors (Lipinski definition) is 1. The minimum atomic E-state index is -0.312. The number of anilines is 1. The summed E-state index contributed by atoms with van der Waals surface area (Å²) in [4.78, 5) is 22.2. The maximum absolute atomic E-state index is 12.6. The Morgan fingerprint density at radius 3 is 2.10 bits per heavy atom. The van der Waals surface area contributed by atoms with Crippen molar-refractivity contribution in [3.8, 4) is 23.0 Å². The summed E-state index contributed by atoms with van der Waals surface area (Å²) in [6.07, 6.45) is 0.809. The van der Waals surface area contributed by atoms with E-state index in [1.807, 2.05) is 17.0 Å². The Morgan fingerprint density at radius 2 is 1.45 bits per heavy atom. The standard InChI is InChI=1S/C21H23N3O5/c1-26-16-7-12-5-6-24(11-13(12)8-17(16)27-2)21-22-15-10-19(29-4)18(28-3)9-14(15)20(25)23-21/h7-10H,5-6,11H2,1-4H3,(H,22,23,25). The molecule has 0 spiro atoms. The van der Waals surface area contributed by atoms with Crippen molar-refractivity contribution in [2.45, 2.75) is 13.0 Å². The molecule has 0 radical (unpaired) electrons. The summed E-state index contributed by atoms with van der Waals surface area (Å²) in [5.74, 6) is 2.97. The van der Waals surface area contributed by atoms with Crippen LogP contribution in [0.2, 0.25) is 0 Å². The molecule has 0 amide bonds. The number of nitrogens with one attached hydrogen (secondary N) is 1. The zero-order chi connectivity index (χ0) is 20.5. The van der Waals surface area contributed by atoms with Crippen LogP contribution < -0.4 is 29.4 Å². The molecule has 29 heavy (non-hydrogen) atoms. The number of fused-ring (bicyclic) bond motifs is 2. The number of benzene rings is 2. The Labute approximate surface area is 168 Å². The Balaban J connectivity index is 1.73. The molecule has 4 rings (SSSR count). The van der Waals surface area contributed by atoms with Gasteiger partial charge >= 0.3 is 0 Å². The van der Waals surface area contributed by atoms with Crippen molar-refractivity contribution in [3.05, 3.63) is 45.7 Å². The van der Waals surface area contributed by atoms with Crippen molar-refractivity contribution in [1.82, 2.24) is 9.97 Å². The van der Waals surface area contributed by atoms with Crippen LogP contribution in [0.4, 0.5) is 5.95 Å². The average molecular weight is 397 g/mol. The smallest absolute Gasteiger partial charge is 0.282 e. The van der Waals surface area contributed by atoms with E-state index in [9.17, 15) is 4.79 Å². The quantitative estimate of drug-likeness (QED) is 0.708. The lowest BCUT2D eigenvalue weighted by molar-refractivity contribution is 0.353. The summed E-state index contributed by atoms with van der Waals surface area (Å²) in [5, 5.41) is 0.454. The van der Waals surface area contributed by atoms with E-state index >= 15 is 0 Å². The first kappa shape index (κ1) is 18.9. The molecule has 0 saturated carbocycles. The van der Waals surface area contributed by atoms with Gasteiger partial charge in [-0.15, -0.1) is 0 Å². The Bertz CT molecular complexity index is 1130. The third-order valence-corrected chi connectivity index (χ3v) is 5.23. The van der Waals surface area contributed by atoms with Gasteiger partial charge in [0.2, 0.25) is 5.95 Å². The molecule has 1 N–H and O–H groups in total. The van der Waals surface area contributed by atoms with Gasteiger partial charge in [0.15, 0.2) is 23.0 Å². The zero-order valence-corrected chi connectivity index (χ0v) is 16.9. The van der Waals surface area contributed by atoms with Gasteiger partial charge in [-0.25, -0.2) is 0 Å². The highest BCUT2D eigenvalue weighted by Gasteiger charge is 2.22. The molecule has 0 aliphatic carbocycles. The van der Waals surface area contributed by atoms with Gasteiger partial charge in [-0.2, -0.15) is 4.98 Å². The molecule has 8 nitrogen and oxygen atoms in total. The van der Waals surface area contributed by atoms with E-state index in [4.69, 9.17) is 18.9 Å². The second-order valence-electron chi connectivity index (χ2n) is 6.77. The molecule has 152 valence electrons. The van der Waals surface area contributed by atoms with E-state index in [-0.39, 0.29) is 5.56 Å². The molecule has 1 aliphatic rings. The van der Waals surface area contributed by atoms with Gasteiger partial charge in [-0.3, -0.25) is 4.79 Å². The van der Waals surface area contributed by atoms with E-state index in [0.717, 1.165) is 24.3 Å². The first-order valence-corrected chi connectivity index (χ1v) is 9.22. The molecule has 0 unspecified atom stereocenters. The van der Waals surface area contributed by atoms with Crippen molar-refractivity contribution in [3.63, 3.8) is 0 Å².